The van der Waals surface area contributed by atoms with Crippen LogP contribution in [0.25, 0.3) is 10.9 Å². The van der Waals surface area contributed by atoms with Crippen molar-refractivity contribution in [1.29, 1.82) is 0 Å². The van der Waals surface area contributed by atoms with E-state index in [1.54, 1.807) is 24.4 Å². The zero-order valence-electron chi connectivity index (χ0n) is 5.86. The van der Waals surface area contributed by atoms with E-state index in [1.165, 1.54) is 0 Å². The van der Waals surface area contributed by atoms with Gasteiger partial charge in [0.1, 0.15) is 5.75 Å². The molecule has 2 aromatic rings. The third kappa shape index (κ3) is 1.37. The van der Waals surface area contributed by atoms with Gasteiger partial charge in [-0.3, -0.25) is 4.98 Å². The molecule has 0 bridgehead atoms. The minimum absolute atomic E-state index is 0. The van der Waals surface area contributed by atoms with Crippen LogP contribution in [0.4, 0.5) is 0 Å². The molecule has 1 N–H and O–H groups in total. The molecule has 0 saturated heterocycles. The summed E-state index contributed by atoms with van der Waals surface area (Å²) >= 11 is 0. The Kier molecular flexibility index (Phi) is 2.29. The number of fused-ring (bicyclic) bond motifs is 1. The Morgan fingerprint density at radius 1 is 1.17 bits per heavy atom. The van der Waals surface area contributed by atoms with Crippen LogP contribution in [0.3, 0.4) is 0 Å². The SMILES string of the molecule is C.Oc1ccc2ncccc2c1. The van der Waals surface area contributed by atoms with Gasteiger partial charge in [0.25, 0.3) is 0 Å². The van der Waals surface area contributed by atoms with Crippen LogP contribution in [0, 0.1) is 0 Å². The molecule has 0 aliphatic rings. The highest BCUT2D eigenvalue weighted by atomic mass is 16.3. The van der Waals surface area contributed by atoms with Crippen molar-refractivity contribution in [2.45, 2.75) is 7.43 Å². The molecule has 0 saturated carbocycles. The maximum absolute atomic E-state index is 9.10. The minimum atomic E-state index is 0. The van der Waals surface area contributed by atoms with Crippen molar-refractivity contribution in [1.82, 2.24) is 4.98 Å². The first-order valence-corrected chi connectivity index (χ1v) is 3.40. The van der Waals surface area contributed by atoms with Gasteiger partial charge in [-0.2, -0.15) is 0 Å². The van der Waals surface area contributed by atoms with Gasteiger partial charge in [0.05, 0.1) is 5.52 Å². The molecule has 0 radical (unpaired) electrons. The van der Waals surface area contributed by atoms with Gasteiger partial charge in [-0.05, 0) is 24.3 Å². The van der Waals surface area contributed by atoms with E-state index in [4.69, 9.17) is 5.11 Å². The Bertz CT molecular complexity index is 384. The zero-order valence-corrected chi connectivity index (χ0v) is 5.86. The largest absolute Gasteiger partial charge is 0.508 e. The minimum Gasteiger partial charge on any atom is -0.508 e. The smallest absolute Gasteiger partial charge is 0.116 e. The molecule has 1 heterocycles. The summed E-state index contributed by atoms with van der Waals surface area (Å²) in [7, 11) is 0. The van der Waals surface area contributed by atoms with Crippen LogP contribution in [-0.4, -0.2) is 10.1 Å². The van der Waals surface area contributed by atoms with Crippen LogP contribution in [-0.2, 0) is 0 Å². The topological polar surface area (TPSA) is 33.1 Å². The molecular formula is C10H11NO. The number of rotatable bonds is 0. The number of aromatic nitrogens is 1. The quantitative estimate of drug-likeness (QED) is 0.644. The molecule has 2 nitrogen and oxygen atoms in total. The first-order valence-electron chi connectivity index (χ1n) is 3.40. The molecule has 0 atom stereocenters. The Balaban J connectivity index is 0.000000720. The lowest BCUT2D eigenvalue weighted by Crippen LogP contribution is -1.75. The molecule has 0 unspecified atom stereocenters. The second-order valence-electron chi connectivity index (χ2n) is 2.38. The lowest BCUT2D eigenvalue weighted by Gasteiger charge is -1.95. The highest BCUT2D eigenvalue weighted by Gasteiger charge is 1.92. The summed E-state index contributed by atoms with van der Waals surface area (Å²) in [6, 6.07) is 8.90. The van der Waals surface area contributed by atoms with Crippen LogP contribution >= 0.6 is 0 Å². The summed E-state index contributed by atoms with van der Waals surface area (Å²) in [5, 5.41) is 10.1. The van der Waals surface area contributed by atoms with Crippen molar-refractivity contribution < 1.29 is 5.11 Å². The van der Waals surface area contributed by atoms with Gasteiger partial charge in [-0.25, -0.2) is 0 Å². The number of nitrogens with zero attached hydrogens (tertiary/aromatic N) is 1. The first-order chi connectivity index (χ1) is 5.36. The van der Waals surface area contributed by atoms with E-state index in [9.17, 15) is 0 Å². The van der Waals surface area contributed by atoms with Gasteiger partial charge < -0.3 is 5.11 Å². The Labute approximate surface area is 71.5 Å². The summed E-state index contributed by atoms with van der Waals surface area (Å²) in [5.74, 6) is 0.283. The predicted molar refractivity (Wildman–Crippen MR) is 50.1 cm³/mol. The van der Waals surface area contributed by atoms with Crippen LogP contribution in [0.5, 0.6) is 5.75 Å². The Hall–Kier alpha value is -1.57. The second kappa shape index (κ2) is 3.22. The van der Waals surface area contributed by atoms with E-state index >= 15 is 0 Å². The number of hydrogen-bond donors (Lipinski definition) is 1. The fourth-order valence-corrected chi connectivity index (χ4v) is 1.06. The monoisotopic (exact) mass is 161 g/mol. The molecule has 1 aromatic carbocycles. The maximum Gasteiger partial charge on any atom is 0.116 e. The number of aromatic hydroxyl groups is 1. The average Bonchev–Trinajstić information content (AvgIpc) is 2.04. The fraction of sp³-hybridized carbons (Fsp3) is 0.100. The molecule has 1 aromatic heterocycles. The lowest BCUT2D eigenvalue weighted by atomic mass is 10.2. The van der Waals surface area contributed by atoms with Crippen LogP contribution < -0.4 is 0 Å². The summed E-state index contributed by atoms with van der Waals surface area (Å²) in [4.78, 5) is 4.11. The van der Waals surface area contributed by atoms with Crippen molar-refractivity contribution in [2.75, 3.05) is 0 Å². The number of hydrogen-bond acceptors (Lipinski definition) is 2. The zero-order chi connectivity index (χ0) is 7.68. The highest BCUT2D eigenvalue weighted by Crippen LogP contribution is 2.16. The van der Waals surface area contributed by atoms with E-state index < -0.39 is 0 Å². The third-order valence-corrected chi connectivity index (χ3v) is 1.59. The Morgan fingerprint density at radius 3 is 2.83 bits per heavy atom. The predicted octanol–water partition coefficient (Wildman–Crippen LogP) is 2.58. The standard InChI is InChI=1S/C9H7NO.CH4/c11-8-3-4-9-7(6-8)2-1-5-10-9;/h1-6,11H;1H4. The van der Waals surface area contributed by atoms with Crippen molar-refractivity contribution in [3.05, 3.63) is 36.5 Å². The van der Waals surface area contributed by atoms with Crippen molar-refractivity contribution in [2.24, 2.45) is 0 Å². The summed E-state index contributed by atoms with van der Waals surface area (Å²) in [5.41, 5.74) is 0.908. The lowest BCUT2D eigenvalue weighted by molar-refractivity contribution is 0.476. The molecule has 2 rings (SSSR count). The van der Waals surface area contributed by atoms with Crippen LogP contribution in [0.2, 0.25) is 0 Å². The van der Waals surface area contributed by atoms with Crippen molar-refractivity contribution >= 4 is 10.9 Å². The van der Waals surface area contributed by atoms with Gasteiger partial charge in [0.2, 0.25) is 0 Å². The number of benzene rings is 1. The average molecular weight is 161 g/mol. The number of phenols is 1. The van der Waals surface area contributed by atoms with E-state index in [1.807, 2.05) is 12.1 Å². The molecule has 0 amide bonds. The number of pyridine rings is 1. The fourth-order valence-electron chi connectivity index (χ4n) is 1.06. The molecule has 2 heteroatoms. The first kappa shape index (κ1) is 8.53. The molecule has 0 aliphatic heterocycles. The molecular weight excluding hydrogens is 150 g/mol. The highest BCUT2D eigenvalue weighted by molar-refractivity contribution is 5.79. The van der Waals surface area contributed by atoms with Gasteiger partial charge in [0, 0.05) is 11.6 Å². The van der Waals surface area contributed by atoms with Crippen LogP contribution in [0.15, 0.2) is 36.5 Å². The molecule has 62 valence electrons. The third-order valence-electron chi connectivity index (χ3n) is 1.59. The van der Waals surface area contributed by atoms with Gasteiger partial charge in [-0.15, -0.1) is 0 Å². The molecule has 0 aliphatic carbocycles. The van der Waals surface area contributed by atoms with Gasteiger partial charge in [0.15, 0.2) is 0 Å². The Morgan fingerprint density at radius 2 is 2.00 bits per heavy atom. The van der Waals surface area contributed by atoms with Gasteiger partial charge in [-0.1, -0.05) is 13.5 Å². The maximum atomic E-state index is 9.10. The number of phenolic OH excluding ortho intramolecular Hbond substituents is 1. The molecule has 12 heavy (non-hydrogen) atoms. The molecule has 0 fully saturated rings. The molecule has 0 spiro atoms. The van der Waals surface area contributed by atoms with Crippen molar-refractivity contribution in [3.8, 4) is 5.75 Å². The van der Waals surface area contributed by atoms with E-state index in [-0.39, 0.29) is 13.2 Å². The summed E-state index contributed by atoms with van der Waals surface area (Å²) in [6.45, 7) is 0. The van der Waals surface area contributed by atoms with Crippen LogP contribution in [0.1, 0.15) is 7.43 Å². The van der Waals surface area contributed by atoms with Gasteiger partial charge >= 0.3 is 0 Å². The van der Waals surface area contributed by atoms with E-state index in [2.05, 4.69) is 4.98 Å². The summed E-state index contributed by atoms with van der Waals surface area (Å²) < 4.78 is 0. The normalized spacial score (nSPS) is 9.33. The van der Waals surface area contributed by atoms with Crippen molar-refractivity contribution in [3.63, 3.8) is 0 Å². The van der Waals surface area contributed by atoms with E-state index in [0.29, 0.717) is 0 Å². The summed E-state index contributed by atoms with van der Waals surface area (Å²) in [6.07, 6.45) is 1.74. The second-order valence-corrected chi connectivity index (χ2v) is 2.38. The van der Waals surface area contributed by atoms with E-state index in [0.717, 1.165) is 10.9 Å².